The molecule has 2 rings (SSSR count). The summed E-state index contributed by atoms with van der Waals surface area (Å²) in [6.07, 6.45) is 5.95. The first kappa shape index (κ1) is 15.3. The molecule has 0 heterocycles. The number of hydrogen-bond acceptors (Lipinski definition) is 3. The molecule has 0 N–H and O–H groups in total. The molecule has 110 valence electrons. The molecule has 0 saturated heterocycles. The minimum Gasteiger partial charge on any atom is -0.486 e. The summed E-state index contributed by atoms with van der Waals surface area (Å²) in [4.78, 5) is 10.7. The average Bonchev–Trinajstić information content (AvgIpc) is 2.46. The van der Waals surface area contributed by atoms with Crippen molar-refractivity contribution in [3.8, 4) is 5.75 Å². The minimum absolute atomic E-state index is 0.0520. The van der Waals surface area contributed by atoms with Gasteiger partial charge in [0.15, 0.2) is 5.75 Å². The van der Waals surface area contributed by atoms with Crippen molar-refractivity contribution in [2.45, 2.75) is 39.0 Å². The molecular formula is C15H20BrNO3. The molecule has 0 atom stereocenters. The lowest BCUT2D eigenvalue weighted by Gasteiger charge is -2.35. The van der Waals surface area contributed by atoms with E-state index in [-0.39, 0.29) is 16.0 Å². The number of aryl methyl sites for hydroxylation is 1. The first-order valence-corrected chi connectivity index (χ1v) is 8.12. The molecule has 0 aromatic heterocycles. The van der Waals surface area contributed by atoms with Crippen LogP contribution in [0.15, 0.2) is 18.2 Å². The normalized spacial score (nSPS) is 17.7. The van der Waals surface area contributed by atoms with Gasteiger partial charge < -0.3 is 4.74 Å². The van der Waals surface area contributed by atoms with Crippen LogP contribution in [0.3, 0.4) is 0 Å². The molecule has 1 aromatic carbocycles. The fraction of sp³-hybridized carbons (Fsp3) is 0.600. The van der Waals surface area contributed by atoms with Gasteiger partial charge in [0.05, 0.1) is 11.5 Å². The zero-order valence-electron chi connectivity index (χ0n) is 11.7. The second kappa shape index (κ2) is 6.57. The predicted octanol–water partition coefficient (Wildman–Crippen LogP) is 4.63. The summed E-state index contributed by atoms with van der Waals surface area (Å²) in [5, 5.41) is 11.9. The van der Waals surface area contributed by atoms with Crippen LogP contribution >= 0.6 is 15.9 Å². The Kier molecular flexibility index (Phi) is 5.02. The molecule has 1 aromatic rings. The van der Waals surface area contributed by atoms with Crippen LogP contribution in [0.4, 0.5) is 5.69 Å². The summed E-state index contributed by atoms with van der Waals surface area (Å²) in [7, 11) is 0. The molecule has 5 heteroatoms. The molecule has 1 aliphatic rings. The Morgan fingerprint density at radius 1 is 1.35 bits per heavy atom. The fourth-order valence-corrected chi connectivity index (χ4v) is 3.46. The maximum Gasteiger partial charge on any atom is 0.310 e. The Bertz CT molecular complexity index is 484. The number of ether oxygens (including phenoxy) is 1. The van der Waals surface area contributed by atoms with Crippen molar-refractivity contribution in [3.05, 3.63) is 33.9 Å². The van der Waals surface area contributed by atoms with Crippen molar-refractivity contribution in [2.75, 3.05) is 11.9 Å². The van der Waals surface area contributed by atoms with E-state index in [1.807, 2.05) is 6.92 Å². The van der Waals surface area contributed by atoms with Gasteiger partial charge in [0.2, 0.25) is 0 Å². The highest BCUT2D eigenvalue weighted by molar-refractivity contribution is 9.09. The van der Waals surface area contributed by atoms with E-state index in [0.29, 0.717) is 12.4 Å². The van der Waals surface area contributed by atoms with Gasteiger partial charge >= 0.3 is 5.69 Å². The van der Waals surface area contributed by atoms with Gasteiger partial charge in [0.25, 0.3) is 0 Å². The highest BCUT2D eigenvalue weighted by Gasteiger charge is 2.32. The van der Waals surface area contributed by atoms with Crippen molar-refractivity contribution in [3.63, 3.8) is 0 Å². The molecule has 0 spiro atoms. The molecule has 0 bridgehead atoms. The number of alkyl halides is 1. The average molecular weight is 342 g/mol. The maximum atomic E-state index is 11.0. The summed E-state index contributed by atoms with van der Waals surface area (Å²) in [5.74, 6) is 0.390. The molecule has 20 heavy (non-hydrogen) atoms. The summed E-state index contributed by atoms with van der Waals surface area (Å²) in [6, 6.07) is 5.01. The summed E-state index contributed by atoms with van der Waals surface area (Å²) in [6.45, 7) is 2.46. The van der Waals surface area contributed by atoms with Crippen LogP contribution in [0, 0.1) is 22.5 Å². The number of hydrogen-bond donors (Lipinski definition) is 0. The molecule has 0 radical (unpaired) electrons. The van der Waals surface area contributed by atoms with Gasteiger partial charge in [-0.3, -0.25) is 10.1 Å². The number of nitro groups is 1. The molecule has 1 aliphatic carbocycles. The van der Waals surface area contributed by atoms with Gasteiger partial charge in [-0.2, -0.15) is 0 Å². The zero-order chi connectivity index (χ0) is 14.6. The molecular weight excluding hydrogens is 322 g/mol. The molecule has 1 fully saturated rings. The third-order valence-electron chi connectivity index (χ3n) is 4.04. The van der Waals surface area contributed by atoms with Crippen LogP contribution in [0.1, 0.15) is 37.7 Å². The summed E-state index contributed by atoms with van der Waals surface area (Å²) in [5.41, 5.74) is 1.15. The first-order chi connectivity index (χ1) is 9.56. The first-order valence-electron chi connectivity index (χ1n) is 7.00. The van der Waals surface area contributed by atoms with Crippen LogP contribution in [-0.2, 0) is 0 Å². The molecule has 1 saturated carbocycles. The smallest absolute Gasteiger partial charge is 0.310 e. The Morgan fingerprint density at radius 2 is 2.05 bits per heavy atom. The van der Waals surface area contributed by atoms with Gasteiger partial charge in [-0.1, -0.05) is 41.3 Å². The van der Waals surface area contributed by atoms with E-state index in [1.54, 1.807) is 12.1 Å². The zero-order valence-corrected chi connectivity index (χ0v) is 13.3. The molecule has 0 aliphatic heterocycles. The second-order valence-corrected chi connectivity index (χ2v) is 6.27. The Morgan fingerprint density at radius 3 is 2.65 bits per heavy atom. The van der Waals surface area contributed by atoms with Crippen LogP contribution in [0.2, 0.25) is 0 Å². The quantitative estimate of drug-likeness (QED) is 0.445. The van der Waals surface area contributed by atoms with E-state index < -0.39 is 0 Å². The lowest BCUT2D eigenvalue weighted by atomic mass is 9.76. The molecule has 0 unspecified atom stereocenters. The van der Waals surface area contributed by atoms with Crippen molar-refractivity contribution in [2.24, 2.45) is 5.41 Å². The third kappa shape index (κ3) is 3.51. The van der Waals surface area contributed by atoms with Gasteiger partial charge in [-0.25, -0.2) is 0 Å². The standard InChI is InChI=1S/C15H20BrNO3/c1-12-5-6-13(17(18)19)14(9-12)20-11-15(10-16)7-3-2-4-8-15/h5-6,9H,2-4,7-8,10-11H2,1H3. The SMILES string of the molecule is Cc1ccc([N+](=O)[O-])c(OCC2(CBr)CCCCC2)c1. The minimum atomic E-state index is -0.379. The number of benzene rings is 1. The highest BCUT2D eigenvalue weighted by Crippen LogP contribution is 2.39. The van der Waals surface area contributed by atoms with Crippen LogP contribution in [0.5, 0.6) is 5.75 Å². The number of halogens is 1. The number of nitro benzene ring substituents is 1. The van der Waals surface area contributed by atoms with Crippen LogP contribution < -0.4 is 4.74 Å². The van der Waals surface area contributed by atoms with Gasteiger partial charge in [0, 0.05) is 16.8 Å². The summed E-state index contributed by atoms with van der Waals surface area (Å²) < 4.78 is 5.84. The van der Waals surface area contributed by atoms with Crippen molar-refractivity contribution < 1.29 is 9.66 Å². The van der Waals surface area contributed by atoms with Crippen molar-refractivity contribution in [1.29, 1.82) is 0 Å². The van der Waals surface area contributed by atoms with Crippen molar-refractivity contribution >= 4 is 21.6 Å². The van der Waals surface area contributed by atoms with E-state index in [0.717, 1.165) is 23.7 Å². The fourth-order valence-electron chi connectivity index (χ4n) is 2.74. The largest absolute Gasteiger partial charge is 0.486 e. The third-order valence-corrected chi connectivity index (χ3v) is 5.23. The van der Waals surface area contributed by atoms with E-state index >= 15 is 0 Å². The second-order valence-electron chi connectivity index (χ2n) is 5.71. The van der Waals surface area contributed by atoms with E-state index in [2.05, 4.69) is 15.9 Å². The monoisotopic (exact) mass is 341 g/mol. The van der Waals surface area contributed by atoms with Gasteiger partial charge in [-0.05, 0) is 31.4 Å². The lowest BCUT2D eigenvalue weighted by Crippen LogP contribution is -2.32. The van der Waals surface area contributed by atoms with E-state index in [1.165, 1.54) is 25.3 Å². The van der Waals surface area contributed by atoms with E-state index in [9.17, 15) is 10.1 Å². The summed E-state index contributed by atoms with van der Waals surface area (Å²) >= 11 is 3.59. The van der Waals surface area contributed by atoms with Crippen LogP contribution in [0.25, 0.3) is 0 Å². The Labute approximate surface area is 127 Å². The maximum absolute atomic E-state index is 11.0. The Hall–Kier alpha value is -1.10. The Balaban J connectivity index is 2.13. The molecule has 4 nitrogen and oxygen atoms in total. The number of nitrogens with zero attached hydrogens (tertiary/aromatic N) is 1. The highest BCUT2D eigenvalue weighted by atomic mass is 79.9. The van der Waals surface area contributed by atoms with E-state index in [4.69, 9.17) is 4.74 Å². The predicted molar refractivity (Wildman–Crippen MR) is 82.6 cm³/mol. The van der Waals surface area contributed by atoms with Gasteiger partial charge in [0.1, 0.15) is 0 Å². The number of rotatable bonds is 5. The lowest BCUT2D eigenvalue weighted by molar-refractivity contribution is -0.386. The topological polar surface area (TPSA) is 52.4 Å². The molecule has 0 amide bonds. The van der Waals surface area contributed by atoms with Crippen LogP contribution in [-0.4, -0.2) is 16.9 Å². The van der Waals surface area contributed by atoms with Gasteiger partial charge in [-0.15, -0.1) is 0 Å². The van der Waals surface area contributed by atoms with Crippen molar-refractivity contribution in [1.82, 2.24) is 0 Å².